The van der Waals surface area contributed by atoms with Gasteiger partial charge < -0.3 is 10.1 Å². The normalized spacial score (nSPS) is 10.2. The second-order valence-electron chi connectivity index (χ2n) is 4.41. The second kappa shape index (κ2) is 5.58. The molecule has 0 aliphatic carbocycles. The van der Waals surface area contributed by atoms with Gasteiger partial charge >= 0.3 is 0 Å². The Kier molecular flexibility index (Phi) is 3.88. The van der Waals surface area contributed by atoms with E-state index in [1.807, 2.05) is 24.3 Å². The van der Waals surface area contributed by atoms with Crippen molar-refractivity contribution in [3.8, 4) is 5.75 Å². The van der Waals surface area contributed by atoms with Crippen molar-refractivity contribution in [1.29, 1.82) is 0 Å². The van der Waals surface area contributed by atoms with Crippen LogP contribution in [0.2, 0.25) is 0 Å². The van der Waals surface area contributed by atoms with Gasteiger partial charge in [-0.05, 0) is 60.9 Å². The van der Waals surface area contributed by atoms with E-state index in [1.165, 1.54) is 11.1 Å². The molecular formula is C16H19NO. The summed E-state index contributed by atoms with van der Waals surface area (Å²) in [5.74, 6) is 0.874. The molecule has 0 fully saturated rings. The first kappa shape index (κ1) is 12.5. The molecule has 0 bridgehead atoms. The van der Waals surface area contributed by atoms with Crippen LogP contribution in [0.15, 0.2) is 42.5 Å². The van der Waals surface area contributed by atoms with Crippen LogP contribution in [0.4, 0.5) is 11.4 Å². The van der Waals surface area contributed by atoms with Crippen molar-refractivity contribution in [2.24, 2.45) is 0 Å². The van der Waals surface area contributed by atoms with E-state index in [-0.39, 0.29) is 0 Å². The van der Waals surface area contributed by atoms with E-state index in [1.54, 1.807) is 7.11 Å². The van der Waals surface area contributed by atoms with Crippen LogP contribution in [-0.2, 0) is 6.42 Å². The molecule has 18 heavy (non-hydrogen) atoms. The number of nitrogens with one attached hydrogen (secondary N) is 1. The lowest BCUT2D eigenvalue weighted by Gasteiger charge is -2.10. The van der Waals surface area contributed by atoms with Crippen LogP contribution < -0.4 is 10.1 Å². The summed E-state index contributed by atoms with van der Waals surface area (Å²) in [4.78, 5) is 0. The largest absolute Gasteiger partial charge is 0.497 e. The number of rotatable bonds is 4. The van der Waals surface area contributed by atoms with Crippen LogP contribution >= 0.6 is 0 Å². The number of hydrogen-bond acceptors (Lipinski definition) is 2. The highest BCUT2D eigenvalue weighted by atomic mass is 16.5. The molecule has 0 aromatic heterocycles. The van der Waals surface area contributed by atoms with Crippen molar-refractivity contribution in [2.75, 3.05) is 12.4 Å². The third-order valence-electron chi connectivity index (χ3n) is 2.92. The van der Waals surface area contributed by atoms with Crippen LogP contribution in [0.5, 0.6) is 5.75 Å². The van der Waals surface area contributed by atoms with Crippen LogP contribution in [-0.4, -0.2) is 7.11 Å². The monoisotopic (exact) mass is 241 g/mol. The van der Waals surface area contributed by atoms with E-state index in [0.717, 1.165) is 23.5 Å². The molecule has 94 valence electrons. The lowest BCUT2D eigenvalue weighted by atomic mass is 10.1. The minimum absolute atomic E-state index is 0.874. The van der Waals surface area contributed by atoms with E-state index in [4.69, 9.17) is 4.74 Å². The Morgan fingerprint density at radius 2 is 1.72 bits per heavy atom. The lowest BCUT2D eigenvalue weighted by Crippen LogP contribution is -1.93. The van der Waals surface area contributed by atoms with Gasteiger partial charge in [0.15, 0.2) is 0 Å². The number of methoxy groups -OCH3 is 1. The van der Waals surface area contributed by atoms with Crippen molar-refractivity contribution >= 4 is 11.4 Å². The highest BCUT2D eigenvalue weighted by Crippen LogP contribution is 2.22. The molecule has 0 atom stereocenters. The first-order valence-electron chi connectivity index (χ1n) is 6.23. The SMILES string of the molecule is CCc1cc(C)cc(Nc2ccc(OC)cc2)c1. The zero-order valence-corrected chi connectivity index (χ0v) is 11.2. The molecule has 0 saturated heterocycles. The van der Waals surface area contributed by atoms with E-state index in [9.17, 15) is 0 Å². The maximum atomic E-state index is 5.15. The van der Waals surface area contributed by atoms with Gasteiger partial charge in [0.1, 0.15) is 5.75 Å². The molecule has 0 aliphatic rings. The Morgan fingerprint density at radius 1 is 1.00 bits per heavy atom. The molecule has 0 aliphatic heterocycles. The summed E-state index contributed by atoms with van der Waals surface area (Å²) in [5, 5.41) is 3.42. The Labute approximate surface area is 109 Å². The Balaban J connectivity index is 2.19. The summed E-state index contributed by atoms with van der Waals surface area (Å²) in [6.07, 6.45) is 1.05. The Morgan fingerprint density at radius 3 is 2.33 bits per heavy atom. The summed E-state index contributed by atoms with van der Waals surface area (Å²) in [6.45, 7) is 4.30. The number of benzene rings is 2. The average molecular weight is 241 g/mol. The van der Waals surface area contributed by atoms with Crippen LogP contribution in [0.1, 0.15) is 18.1 Å². The van der Waals surface area contributed by atoms with Crippen molar-refractivity contribution in [3.05, 3.63) is 53.6 Å². The zero-order chi connectivity index (χ0) is 13.0. The van der Waals surface area contributed by atoms with Gasteiger partial charge in [-0.15, -0.1) is 0 Å². The molecule has 0 unspecified atom stereocenters. The molecule has 0 spiro atoms. The molecule has 1 N–H and O–H groups in total. The first-order valence-corrected chi connectivity index (χ1v) is 6.23. The van der Waals surface area contributed by atoms with Gasteiger partial charge in [0.25, 0.3) is 0 Å². The average Bonchev–Trinajstić information content (AvgIpc) is 2.39. The van der Waals surface area contributed by atoms with Crippen molar-refractivity contribution in [3.63, 3.8) is 0 Å². The zero-order valence-electron chi connectivity index (χ0n) is 11.2. The number of aryl methyl sites for hydroxylation is 2. The molecule has 2 nitrogen and oxygen atoms in total. The molecule has 2 rings (SSSR count). The minimum Gasteiger partial charge on any atom is -0.497 e. The van der Waals surface area contributed by atoms with Crippen molar-refractivity contribution in [1.82, 2.24) is 0 Å². The molecule has 0 radical (unpaired) electrons. The molecule has 0 heterocycles. The topological polar surface area (TPSA) is 21.3 Å². The van der Waals surface area contributed by atoms with Gasteiger partial charge in [-0.3, -0.25) is 0 Å². The fourth-order valence-electron chi connectivity index (χ4n) is 1.98. The number of anilines is 2. The lowest BCUT2D eigenvalue weighted by molar-refractivity contribution is 0.415. The smallest absolute Gasteiger partial charge is 0.119 e. The second-order valence-corrected chi connectivity index (χ2v) is 4.41. The summed E-state index contributed by atoms with van der Waals surface area (Å²) in [7, 11) is 1.68. The summed E-state index contributed by atoms with van der Waals surface area (Å²) < 4.78 is 5.15. The predicted octanol–water partition coefficient (Wildman–Crippen LogP) is 4.31. The molecular weight excluding hydrogens is 222 g/mol. The maximum Gasteiger partial charge on any atom is 0.119 e. The maximum absolute atomic E-state index is 5.15. The predicted molar refractivity (Wildman–Crippen MR) is 76.8 cm³/mol. The van der Waals surface area contributed by atoms with Gasteiger partial charge in [-0.1, -0.05) is 13.0 Å². The highest BCUT2D eigenvalue weighted by molar-refractivity contribution is 5.61. The van der Waals surface area contributed by atoms with E-state index < -0.39 is 0 Å². The number of hydrogen-bond donors (Lipinski definition) is 1. The minimum atomic E-state index is 0.874. The van der Waals surface area contributed by atoms with Crippen molar-refractivity contribution < 1.29 is 4.74 Å². The standard InChI is InChI=1S/C16H19NO/c1-4-13-9-12(2)10-15(11-13)17-14-5-7-16(18-3)8-6-14/h5-11,17H,4H2,1-3H3. The molecule has 2 aromatic carbocycles. The molecule has 2 aromatic rings. The number of ether oxygens (including phenoxy) is 1. The van der Waals surface area contributed by atoms with Crippen LogP contribution in [0.3, 0.4) is 0 Å². The highest BCUT2D eigenvalue weighted by Gasteiger charge is 1.99. The fraction of sp³-hybridized carbons (Fsp3) is 0.250. The molecule has 0 saturated carbocycles. The van der Waals surface area contributed by atoms with Gasteiger partial charge in [0.05, 0.1) is 7.11 Å². The van der Waals surface area contributed by atoms with Crippen molar-refractivity contribution in [2.45, 2.75) is 20.3 Å². The third kappa shape index (κ3) is 3.04. The van der Waals surface area contributed by atoms with E-state index in [0.29, 0.717) is 0 Å². The van der Waals surface area contributed by atoms with Gasteiger partial charge in [-0.25, -0.2) is 0 Å². The van der Waals surface area contributed by atoms with E-state index >= 15 is 0 Å². The Bertz CT molecular complexity index is 517. The first-order chi connectivity index (χ1) is 8.71. The van der Waals surface area contributed by atoms with E-state index in [2.05, 4.69) is 37.4 Å². The summed E-state index contributed by atoms with van der Waals surface area (Å²) >= 11 is 0. The van der Waals surface area contributed by atoms with Crippen LogP contribution in [0.25, 0.3) is 0 Å². The fourth-order valence-corrected chi connectivity index (χ4v) is 1.98. The van der Waals surface area contributed by atoms with Crippen LogP contribution in [0, 0.1) is 6.92 Å². The van der Waals surface area contributed by atoms with Gasteiger partial charge in [0.2, 0.25) is 0 Å². The Hall–Kier alpha value is -1.96. The summed E-state index contributed by atoms with van der Waals surface area (Å²) in [6, 6.07) is 14.5. The third-order valence-corrected chi connectivity index (χ3v) is 2.92. The van der Waals surface area contributed by atoms with Gasteiger partial charge in [-0.2, -0.15) is 0 Å². The quantitative estimate of drug-likeness (QED) is 0.861. The summed E-state index contributed by atoms with van der Waals surface area (Å²) in [5.41, 5.74) is 4.84. The molecule has 0 amide bonds. The molecule has 2 heteroatoms. The van der Waals surface area contributed by atoms with Gasteiger partial charge in [0, 0.05) is 11.4 Å².